The van der Waals surface area contributed by atoms with E-state index in [1.165, 1.54) is 17.9 Å². The number of ether oxygens (including phenoxy) is 1. The fourth-order valence-corrected chi connectivity index (χ4v) is 4.70. The van der Waals surface area contributed by atoms with Gasteiger partial charge in [0, 0.05) is 20.0 Å². The molecular weight excluding hydrogens is 449 g/mol. The van der Waals surface area contributed by atoms with Crippen LogP contribution in [0.15, 0.2) is 35.7 Å². The number of anilines is 2. The number of nitrogens with zero attached hydrogens (tertiary/aromatic N) is 6. The van der Waals surface area contributed by atoms with Gasteiger partial charge >= 0.3 is 6.09 Å². The van der Waals surface area contributed by atoms with Crippen LogP contribution in [0.4, 0.5) is 20.6 Å². The largest absolute Gasteiger partial charge is 0.442 e. The van der Waals surface area contributed by atoms with Crippen LogP contribution in [0.25, 0.3) is 10.7 Å². The molecule has 0 radical (unpaired) electrons. The molecule has 2 aliphatic heterocycles. The van der Waals surface area contributed by atoms with Gasteiger partial charge in [-0.05, 0) is 41.3 Å². The molecule has 1 aromatic carbocycles. The van der Waals surface area contributed by atoms with Crippen molar-refractivity contribution in [2.45, 2.75) is 25.5 Å². The lowest BCUT2D eigenvalue weighted by atomic mass is 10.2. The molecule has 2 fully saturated rings. The summed E-state index contributed by atoms with van der Waals surface area (Å²) < 4.78 is 20.3. The van der Waals surface area contributed by atoms with E-state index in [0.717, 1.165) is 11.3 Å². The van der Waals surface area contributed by atoms with Gasteiger partial charge < -0.3 is 15.0 Å². The lowest BCUT2D eigenvalue weighted by molar-refractivity contribution is -0.119. The summed E-state index contributed by atoms with van der Waals surface area (Å²) in [6.45, 7) is 3.07. The lowest BCUT2D eigenvalue weighted by Gasteiger charge is -2.21. The van der Waals surface area contributed by atoms with Crippen LogP contribution in [-0.4, -0.2) is 64.5 Å². The van der Waals surface area contributed by atoms with Crippen LogP contribution in [0.1, 0.15) is 19.4 Å². The molecule has 5 rings (SSSR count). The number of hydrogen-bond donors (Lipinski definition) is 1. The van der Waals surface area contributed by atoms with Crippen molar-refractivity contribution in [3.63, 3.8) is 0 Å². The van der Waals surface area contributed by atoms with Gasteiger partial charge in [-0.15, -0.1) is 21.5 Å². The number of rotatable bonds is 6. The molecule has 0 saturated carbocycles. The minimum Gasteiger partial charge on any atom is -0.442 e. The molecule has 172 valence electrons. The molecule has 2 saturated heterocycles. The third-order valence-corrected chi connectivity index (χ3v) is 6.56. The number of thiophene rings is 1. The SMILES string of the molecule is CC(=O)NC[C@H]1CN(c2ccc(N3CCC(n4nnc(-c5cccs5)n4)C3)c(F)c2)C(=O)O1. The van der Waals surface area contributed by atoms with Gasteiger partial charge in [0.25, 0.3) is 0 Å². The van der Waals surface area contributed by atoms with Crippen molar-refractivity contribution in [2.24, 2.45) is 0 Å². The third-order valence-electron chi connectivity index (χ3n) is 5.70. The summed E-state index contributed by atoms with van der Waals surface area (Å²) in [4.78, 5) is 29.2. The van der Waals surface area contributed by atoms with Crippen molar-refractivity contribution in [3.05, 3.63) is 41.5 Å². The Morgan fingerprint density at radius 2 is 2.21 bits per heavy atom. The highest BCUT2D eigenvalue weighted by atomic mass is 32.1. The Hall–Kier alpha value is -3.54. The zero-order chi connectivity index (χ0) is 22.9. The van der Waals surface area contributed by atoms with Crippen molar-refractivity contribution in [3.8, 4) is 10.7 Å². The van der Waals surface area contributed by atoms with E-state index in [9.17, 15) is 9.59 Å². The molecule has 2 aliphatic rings. The Labute approximate surface area is 192 Å². The quantitative estimate of drug-likeness (QED) is 0.589. The van der Waals surface area contributed by atoms with Crippen molar-refractivity contribution >= 4 is 34.7 Å². The number of cyclic esters (lactones) is 1. The van der Waals surface area contributed by atoms with E-state index >= 15 is 4.39 Å². The molecule has 1 N–H and O–H groups in total. The number of hydrogen-bond acceptors (Lipinski definition) is 8. The van der Waals surface area contributed by atoms with E-state index in [1.807, 2.05) is 22.4 Å². The van der Waals surface area contributed by atoms with Crippen LogP contribution in [-0.2, 0) is 9.53 Å². The lowest BCUT2D eigenvalue weighted by Crippen LogP contribution is -2.33. The summed E-state index contributed by atoms with van der Waals surface area (Å²) in [6, 6.07) is 8.60. The molecule has 33 heavy (non-hydrogen) atoms. The molecular formula is C21H22FN7O3S. The molecule has 4 heterocycles. The van der Waals surface area contributed by atoms with Crippen LogP contribution < -0.4 is 15.1 Å². The van der Waals surface area contributed by atoms with E-state index in [4.69, 9.17) is 4.74 Å². The number of nitrogens with one attached hydrogen (secondary N) is 1. The Morgan fingerprint density at radius 3 is 2.97 bits per heavy atom. The maximum atomic E-state index is 15.0. The summed E-state index contributed by atoms with van der Waals surface area (Å²) in [5, 5.41) is 17.4. The van der Waals surface area contributed by atoms with Gasteiger partial charge in [-0.3, -0.25) is 9.69 Å². The average Bonchev–Trinajstić information content (AvgIpc) is 3.58. The normalized spacial score (nSPS) is 20.4. The minimum absolute atomic E-state index is 0.00613. The highest BCUT2D eigenvalue weighted by Gasteiger charge is 2.33. The Kier molecular flexibility index (Phi) is 5.67. The Morgan fingerprint density at radius 1 is 1.33 bits per heavy atom. The predicted octanol–water partition coefficient (Wildman–Crippen LogP) is 2.45. The molecule has 0 bridgehead atoms. The van der Waals surface area contributed by atoms with Crippen LogP contribution in [0.2, 0.25) is 0 Å². The second-order valence-corrected chi connectivity index (χ2v) is 8.94. The molecule has 2 atom stereocenters. The first-order valence-electron chi connectivity index (χ1n) is 10.6. The van der Waals surface area contributed by atoms with Crippen LogP contribution >= 0.6 is 11.3 Å². The van der Waals surface area contributed by atoms with Crippen molar-refractivity contribution in [2.75, 3.05) is 36.0 Å². The standard InChI is InChI=1S/C21H22FN7O3S/c1-13(30)23-10-16-12-28(21(31)32-16)14-4-5-18(17(22)9-14)27-7-6-15(11-27)29-25-20(24-26-29)19-3-2-8-33-19/h2-5,8-9,15-16H,6-7,10-12H2,1H3,(H,23,30)/t15?,16-/m0/s1. The molecule has 2 amide bonds. The van der Waals surface area contributed by atoms with E-state index in [1.54, 1.807) is 28.3 Å². The molecule has 12 heteroatoms. The molecule has 3 aromatic rings. The first-order valence-corrected chi connectivity index (χ1v) is 11.5. The van der Waals surface area contributed by atoms with E-state index in [2.05, 4.69) is 20.7 Å². The van der Waals surface area contributed by atoms with Gasteiger partial charge in [-0.1, -0.05) is 6.07 Å². The first-order chi connectivity index (χ1) is 16.0. The number of carbonyl (C=O) groups is 2. The zero-order valence-electron chi connectivity index (χ0n) is 17.8. The van der Waals surface area contributed by atoms with Crippen molar-refractivity contribution in [1.29, 1.82) is 0 Å². The molecule has 0 spiro atoms. The van der Waals surface area contributed by atoms with Crippen LogP contribution in [0.3, 0.4) is 0 Å². The summed E-state index contributed by atoms with van der Waals surface area (Å²) >= 11 is 1.55. The van der Waals surface area contributed by atoms with Gasteiger partial charge in [0.2, 0.25) is 11.7 Å². The fourth-order valence-electron chi connectivity index (χ4n) is 4.05. The number of halogens is 1. The van der Waals surface area contributed by atoms with E-state index < -0.39 is 18.0 Å². The highest BCUT2D eigenvalue weighted by Crippen LogP contribution is 2.32. The number of benzene rings is 1. The number of carbonyl (C=O) groups excluding carboxylic acids is 2. The monoisotopic (exact) mass is 471 g/mol. The highest BCUT2D eigenvalue weighted by molar-refractivity contribution is 7.13. The maximum absolute atomic E-state index is 15.0. The Balaban J connectivity index is 1.25. The summed E-state index contributed by atoms with van der Waals surface area (Å²) in [5.41, 5.74) is 0.878. The first kappa shape index (κ1) is 21.3. The number of tetrazole rings is 1. The van der Waals surface area contributed by atoms with Gasteiger partial charge in [0.15, 0.2) is 0 Å². The zero-order valence-corrected chi connectivity index (χ0v) is 18.7. The topological polar surface area (TPSA) is 105 Å². The van der Waals surface area contributed by atoms with Crippen LogP contribution in [0, 0.1) is 5.82 Å². The molecule has 2 aromatic heterocycles. The smallest absolute Gasteiger partial charge is 0.414 e. The Bertz CT molecular complexity index is 1170. The second-order valence-electron chi connectivity index (χ2n) is 7.99. The van der Waals surface area contributed by atoms with Gasteiger partial charge in [0.1, 0.15) is 11.9 Å². The molecule has 0 aliphatic carbocycles. The average molecular weight is 472 g/mol. The van der Waals surface area contributed by atoms with Gasteiger partial charge in [-0.25, -0.2) is 9.18 Å². The molecule has 10 nitrogen and oxygen atoms in total. The minimum atomic E-state index is -0.558. The predicted molar refractivity (Wildman–Crippen MR) is 120 cm³/mol. The number of aromatic nitrogens is 4. The van der Waals surface area contributed by atoms with Crippen molar-refractivity contribution in [1.82, 2.24) is 25.5 Å². The van der Waals surface area contributed by atoms with Crippen LogP contribution in [0.5, 0.6) is 0 Å². The summed E-state index contributed by atoms with van der Waals surface area (Å²) in [7, 11) is 0. The maximum Gasteiger partial charge on any atom is 0.414 e. The van der Waals surface area contributed by atoms with Gasteiger partial charge in [0.05, 0.1) is 35.4 Å². The number of amides is 2. The van der Waals surface area contributed by atoms with E-state index in [-0.39, 0.29) is 25.0 Å². The third kappa shape index (κ3) is 4.38. The summed E-state index contributed by atoms with van der Waals surface area (Å²) in [5.74, 6) is -0.0296. The summed E-state index contributed by atoms with van der Waals surface area (Å²) in [6.07, 6.45) is -0.264. The molecule has 1 unspecified atom stereocenters. The fraction of sp³-hybridized carbons (Fsp3) is 0.381. The van der Waals surface area contributed by atoms with Crippen molar-refractivity contribution < 1.29 is 18.7 Å². The second kappa shape index (κ2) is 8.77. The van der Waals surface area contributed by atoms with Gasteiger partial charge in [-0.2, -0.15) is 4.80 Å². The van der Waals surface area contributed by atoms with E-state index in [0.29, 0.717) is 30.3 Å².